The van der Waals surface area contributed by atoms with Gasteiger partial charge in [0, 0.05) is 26.3 Å². The van der Waals surface area contributed by atoms with Gasteiger partial charge >= 0.3 is 5.69 Å². The molecule has 11 heteroatoms. The highest BCUT2D eigenvalue weighted by atomic mass is 32.2. The minimum absolute atomic E-state index is 0.000435. The summed E-state index contributed by atoms with van der Waals surface area (Å²) in [5, 5.41) is 10.8. The third-order valence-corrected chi connectivity index (χ3v) is 5.59. The average molecular weight is 338 g/mol. The highest BCUT2D eigenvalue weighted by Crippen LogP contribution is 2.36. The standard InChI is InChI=1S/C10H18N4O5S2/c1-19-6-4-2-3-5-12-21(17,18)9-7-8(14(15)16)10(13-11)20-9/h7,12-13H,2-6,11H2,1H3. The molecule has 9 nitrogen and oxygen atoms in total. The molecule has 0 fully saturated rings. The molecule has 0 saturated heterocycles. The molecule has 1 heterocycles. The van der Waals surface area contributed by atoms with Gasteiger partial charge in [-0.15, -0.1) is 0 Å². The fraction of sp³-hybridized carbons (Fsp3) is 0.600. The highest BCUT2D eigenvalue weighted by Gasteiger charge is 2.25. The second-order valence-electron chi connectivity index (χ2n) is 4.13. The van der Waals surface area contributed by atoms with Crippen LogP contribution in [0.1, 0.15) is 19.3 Å². The van der Waals surface area contributed by atoms with Crippen molar-refractivity contribution in [1.29, 1.82) is 0 Å². The van der Waals surface area contributed by atoms with E-state index in [1.165, 1.54) is 0 Å². The van der Waals surface area contributed by atoms with Gasteiger partial charge in [0.25, 0.3) is 0 Å². The molecule has 1 rings (SSSR count). The van der Waals surface area contributed by atoms with E-state index >= 15 is 0 Å². The molecule has 120 valence electrons. The number of unbranched alkanes of at least 4 members (excludes halogenated alkanes) is 2. The molecule has 0 spiro atoms. The number of nitrogen functional groups attached to an aromatic ring is 1. The molecule has 0 bridgehead atoms. The van der Waals surface area contributed by atoms with E-state index in [0.717, 1.165) is 30.2 Å². The molecular formula is C10H18N4O5S2. The molecular weight excluding hydrogens is 320 g/mol. The van der Waals surface area contributed by atoms with Gasteiger partial charge in [0.15, 0.2) is 5.00 Å². The van der Waals surface area contributed by atoms with E-state index in [0.29, 0.717) is 13.0 Å². The van der Waals surface area contributed by atoms with Gasteiger partial charge in [0.05, 0.1) is 4.92 Å². The van der Waals surface area contributed by atoms with E-state index in [2.05, 4.69) is 10.1 Å². The normalized spacial score (nSPS) is 11.5. The van der Waals surface area contributed by atoms with Crippen LogP contribution in [0.25, 0.3) is 0 Å². The number of thiophene rings is 1. The summed E-state index contributed by atoms with van der Waals surface area (Å²) in [4.78, 5) is 10.1. The number of hydrogen-bond donors (Lipinski definition) is 3. The average Bonchev–Trinajstić information content (AvgIpc) is 2.88. The third-order valence-electron chi connectivity index (χ3n) is 2.60. The third kappa shape index (κ3) is 5.21. The first-order valence-corrected chi connectivity index (χ1v) is 8.45. The second kappa shape index (κ2) is 8.24. The van der Waals surface area contributed by atoms with Gasteiger partial charge in [-0.05, 0) is 19.3 Å². The lowest BCUT2D eigenvalue weighted by molar-refractivity contribution is -0.383. The molecule has 1 aromatic heterocycles. The van der Waals surface area contributed by atoms with Gasteiger partial charge in [-0.3, -0.25) is 10.1 Å². The SMILES string of the molecule is COCCCCCNS(=O)(=O)c1cc([N+](=O)[O-])c(NN)s1. The molecule has 1 aromatic rings. The lowest BCUT2D eigenvalue weighted by atomic mass is 10.2. The first-order chi connectivity index (χ1) is 9.92. The summed E-state index contributed by atoms with van der Waals surface area (Å²) >= 11 is 0.718. The fourth-order valence-electron chi connectivity index (χ4n) is 1.56. The number of methoxy groups -OCH3 is 1. The van der Waals surface area contributed by atoms with Gasteiger partial charge in [-0.25, -0.2) is 19.0 Å². The Labute approximate surface area is 126 Å². The van der Waals surface area contributed by atoms with Crippen LogP contribution in [0.15, 0.2) is 10.3 Å². The lowest BCUT2D eigenvalue weighted by Gasteiger charge is -2.04. The van der Waals surface area contributed by atoms with Crippen LogP contribution in [-0.2, 0) is 14.8 Å². The van der Waals surface area contributed by atoms with Crippen LogP contribution in [0.5, 0.6) is 0 Å². The van der Waals surface area contributed by atoms with Gasteiger partial charge < -0.3 is 10.2 Å². The van der Waals surface area contributed by atoms with Crippen molar-refractivity contribution >= 4 is 32.0 Å². The summed E-state index contributed by atoms with van der Waals surface area (Å²) in [5.41, 5.74) is 1.77. The Morgan fingerprint density at radius 3 is 2.67 bits per heavy atom. The maximum Gasteiger partial charge on any atom is 0.306 e. The van der Waals surface area contributed by atoms with Gasteiger partial charge in [0.1, 0.15) is 4.21 Å². The van der Waals surface area contributed by atoms with Crippen molar-refractivity contribution in [3.8, 4) is 0 Å². The summed E-state index contributed by atoms with van der Waals surface area (Å²) in [7, 11) is -2.15. The maximum absolute atomic E-state index is 12.0. The summed E-state index contributed by atoms with van der Waals surface area (Å²) in [6, 6.07) is 0.993. The minimum atomic E-state index is -3.76. The van der Waals surface area contributed by atoms with Crippen molar-refractivity contribution in [2.75, 3.05) is 25.7 Å². The number of nitrogens with one attached hydrogen (secondary N) is 2. The summed E-state index contributed by atoms with van der Waals surface area (Å²) in [6.45, 7) is 0.901. The van der Waals surface area contributed by atoms with Crippen LogP contribution in [0.4, 0.5) is 10.7 Å². The van der Waals surface area contributed by atoms with Crippen molar-refractivity contribution in [2.45, 2.75) is 23.5 Å². The molecule has 0 aliphatic heterocycles. The topological polar surface area (TPSA) is 137 Å². The zero-order valence-electron chi connectivity index (χ0n) is 11.5. The maximum atomic E-state index is 12.0. The summed E-state index contributed by atoms with van der Waals surface area (Å²) in [6.07, 6.45) is 2.35. The molecule has 0 aliphatic carbocycles. The Balaban J connectivity index is 2.64. The van der Waals surface area contributed by atoms with E-state index in [4.69, 9.17) is 10.6 Å². The van der Waals surface area contributed by atoms with Gasteiger partial charge in [0.2, 0.25) is 10.0 Å². The van der Waals surface area contributed by atoms with Gasteiger partial charge in [-0.2, -0.15) is 0 Å². The number of nitro groups is 1. The molecule has 0 saturated carbocycles. The Morgan fingerprint density at radius 1 is 1.43 bits per heavy atom. The molecule has 0 radical (unpaired) electrons. The minimum Gasteiger partial charge on any atom is -0.385 e. The summed E-state index contributed by atoms with van der Waals surface area (Å²) < 4.78 is 31.2. The van der Waals surface area contributed by atoms with E-state index in [1.54, 1.807) is 7.11 Å². The van der Waals surface area contributed by atoms with Crippen molar-refractivity contribution in [2.24, 2.45) is 5.84 Å². The number of rotatable bonds is 10. The molecule has 0 aliphatic rings. The van der Waals surface area contributed by atoms with Crippen LogP contribution in [0.2, 0.25) is 0 Å². The van der Waals surface area contributed by atoms with E-state index in [1.807, 2.05) is 0 Å². The number of anilines is 1. The van der Waals surface area contributed by atoms with Crippen molar-refractivity contribution in [3.05, 3.63) is 16.2 Å². The zero-order valence-corrected chi connectivity index (χ0v) is 13.1. The number of ether oxygens (including phenoxy) is 1. The van der Waals surface area contributed by atoms with E-state index in [-0.39, 0.29) is 21.4 Å². The molecule has 21 heavy (non-hydrogen) atoms. The Kier molecular flexibility index (Phi) is 6.98. The Bertz CT molecular complexity index is 572. The summed E-state index contributed by atoms with van der Waals surface area (Å²) in [5.74, 6) is 5.14. The largest absolute Gasteiger partial charge is 0.385 e. The molecule has 0 atom stereocenters. The number of hydrazine groups is 1. The smallest absolute Gasteiger partial charge is 0.306 e. The van der Waals surface area contributed by atoms with Crippen molar-refractivity contribution in [3.63, 3.8) is 0 Å². The Morgan fingerprint density at radius 2 is 2.14 bits per heavy atom. The Hall–Kier alpha value is -1.27. The first-order valence-electron chi connectivity index (χ1n) is 6.16. The van der Waals surface area contributed by atoms with Crippen LogP contribution in [0, 0.1) is 10.1 Å². The van der Waals surface area contributed by atoms with E-state index in [9.17, 15) is 18.5 Å². The predicted octanol–water partition coefficient (Wildman–Crippen LogP) is 1.04. The van der Waals surface area contributed by atoms with Crippen LogP contribution >= 0.6 is 11.3 Å². The number of sulfonamides is 1. The quantitative estimate of drug-likeness (QED) is 0.251. The molecule has 4 N–H and O–H groups in total. The van der Waals surface area contributed by atoms with Crippen LogP contribution < -0.4 is 16.0 Å². The first kappa shape index (κ1) is 17.8. The number of hydrogen-bond acceptors (Lipinski definition) is 8. The van der Waals surface area contributed by atoms with Crippen molar-refractivity contribution < 1.29 is 18.1 Å². The second-order valence-corrected chi connectivity index (χ2v) is 7.18. The fourth-order valence-corrected chi connectivity index (χ4v) is 3.91. The monoisotopic (exact) mass is 338 g/mol. The van der Waals surface area contributed by atoms with Crippen LogP contribution in [-0.4, -0.2) is 33.6 Å². The van der Waals surface area contributed by atoms with Crippen LogP contribution in [0.3, 0.4) is 0 Å². The highest BCUT2D eigenvalue weighted by molar-refractivity contribution is 7.91. The van der Waals surface area contributed by atoms with Gasteiger partial charge in [-0.1, -0.05) is 11.3 Å². The zero-order chi connectivity index (χ0) is 15.9. The lowest BCUT2D eigenvalue weighted by Crippen LogP contribution is -2.24. The molecule has 0 unspecified atom stereocenters. The molecule has 0 amide bonds. The predicted molar refractivity (Wildman–Crippen MR) is 79.7 cm³/mol. The number of nitrogens with zero attached hydrogens (tertiary/aromatic N) is 1. The van der Waals surface area contributed by atoms with Crippen molar-refractivity contribution in [1.82, 2.24) is 4.72 Å². The number of nitrogens with two attached hydrogens (primary N) is 1. The van der Waals surface area contributed by atoms with E-state index < -0.39 is 14.9 Å². The molecule has 0 aromatic carbocycles.